The molecule has 122 valence electrons. The number of nitrogens with one attached hydrogen (secondary N) is 1. The molecule has 6 nitrogen and oxygen atoms in total. The van der Waals surface area contributed by atoms with Crippen molar-refractivity contribution in [1.82, 2.24) is 10.2 Å². The maximum Gasteiger partial charge on any atom is 0.268 e. The van der Waals surface area contributed by atoms with Crippen LogP contribution >= 0.6 is 11.3 Å². The molecule has 1 aliphatic rings. The lowest BCUT2D eigenvalue weighted by atomic mass is 10.1. The number of nitrogens with zero attached hydrogens (tertiary/aromatic N) is 4. The van der Waals surface area contributed by atoms with E-state index in [1.54, 1.807) is 6.08 Å². The van der Waals surface area contributed by atoms with E-state index in [9.17, 15) is 10.1 Å². The summed E-state index contributed by atoms with van der Waals surface area (Å²) < 4.78 is 0. The second-order valence-corrected chi connectivity index (χ2v) is 6.57. The normalized spacial score (nSPS) is 14.5. The number of carbonyl (C=O) groups is 1. The Kier molecular flexibility index (Phi) is 4.87. The van der Waals surface area contributed by atoms with Gasteiger partial charge in [-0.15, -0.1) is 10.2 Å². The number of rotatable bonds is 4. The summed E-state index contributed by atoms with van der Waals surface area (Å²) in [5.74, 6) is -0.470. The van der Waals surface area contributed by atoms with Crippen LogP contribution in [0.3, 0.4) is 0 Å². The van der Waals surface area contributed by atoms with Gasteiger partial charge in [0.15, 0.2) is 0 Å². The SMILES string of the molecule is Cc1ccc(/C=C(/C#N)C(=O)Nc2nnc(N3CCCC3)s2)cc1. The summed E-state index contributed by atoms with van der Waals surface area (Å²) in [7, 11) is 0. The van der Waals surface area contributed by atoms with Gasteiger partial charge in [0.1, 0.15) is 11.6 Å². The highest BCUT2D eigenvalue weighted by atomic mass is 32.1. The monoisotopic (exact) mass is 339 g/mol. The van der Waals surface area contributed by atoms with Crippen molar-refractivity contribution in [2.24, 2.45) is 0 Å². The molecule has 0 saturated carbocycles. The molecule has 1 amide bonds. The third-order valence-corrected chi connectivity index (χ3v) is 4.66. The molecule has 1 saturated heterocycles. The average Bonchev–Trinajstić information content (AvgIpc) is 3.25. The van der Waals surface area contributed by atoms with Gasteiger partial charge in [0, 0.05) is 13.1 Å². The van der Waals surface area contributed by atoms with E-state index >= 15 is 0 Å². The summed E-state index contributed by atoms with van der Waals surface area (Å²) in [6, 6.07) is 9.56. The van der Waals surface area contributed by atoms with Crippen LogP contribution in [0.5, 0.6) is 0 Å². The van der Waals surface area contributed by atoms with Crippen LogP contribution in [0, 0.1) is 18.3 Å². The maximum absolute atomic E-state index is 12.3. The highest BCUT2D eigenvalue weighted by molar-refractivity contribution is 7.19. The number of amides is 1. The first kappa shape index (κ1) is 16.1. The van der Waals surface area contributed by atoms with E-state index < -0.39 is 5.91 Å². The van der Waals surface area contributed by atoms with Crippen LogP contribution in [0.25, 0.3) is 6.08 Å². The predicted octanol–water partition coefficient (Wildman–Crippen LogP) is 2.99. The van der Waals surface area contributed by atoms with E-state index in [0.29, 0.717) is 5.13 Å². The van der Waals surface area contributed by atoms with Gasteiger partial charge in [-0.3, -0.25) is 10.1 Å². The van der Waals surface area contributed by atoms with Gasteiger partial charge in [-0.2, -0.15) is 5.26 Å². The van der Waals surface area contributed by atoms with E-state index in [-0.39, 0.29) is 5.57 Å². The molecular formula is C17H17N5OS. The molecule has 0 atom stereocenters. The molecular weight excluding hydrogens is 322 g/mol. The van der Waals surface area contributed by atoms with Crippen LogP contribution in [-0.2, 0) is 4.79 Å². The third-order valence-electron chi connectivity index (χ3n) is 3.76. The Labute approximate surface area is 144 Å². The molecule has 0 aliphatic carbocycles. The molecule has 1 aromatic carbocycles. The lowest BCUT2D eigenvalue weighted by molar-refractivity contribution is -0.112. The van der Waals surface area contributed by atoms with Gasteiger partial charge in [0.25, 0.3) is 5.91 Å². The van der Waals surface area contributed by atoms with E-state index in [1.165, 1.54) is 11.3 Å². The van der Waals surface area contributed by atoms with Crippen molar-refractivity contribution in [1.29, 1.82) is 5.26 Å². The minimum Gasteiger partial charge on any atom is -0.347 e. The largest absolute Gasteiger partial charge is 0.347 e. The van der Waals surface area contributed by atoms with Gasteiger partial charge >= 0.3 is 0 Å². The Bertz CT molecular complexity index is 797. The van der Waals surface area contributed by atoms with Gasteiger partial charge in [-0.25, -0.2) is 0 Å². The van der Waals surface area contributed by atoms with Crippen LogP contribution in [0.15, 0.2) is 29.8 Å². The molecule has 1 aromatic heterocycles. The van der Waals surface area contributed by atoms with Crippen LogP contribution < -0.4 is 10.2 Å². The van der Waals surface area contributed by atoms with Crippen LogP contribution in [-0.4, -0.2) is 29.2 Å². The molecule has 0 spiro atoms. The minimum atomic E-state index is -0.470. The molecule has 2 heterocycles. The van der Waals surface area contributed by atoms with Gasteiger partial charge in [-0.1, -0.05) is 41.2 Å². The third kappa shape index (κ3) is 3.78. The molecule has 7 heteroatoms. The fraction of sp³-hybridized carbons (Fsp3) is 0.294. The number of aryl methyl sites for hydroxylation is 1. The Morgan fingerprint density at radius 2 is 2.00 bits per heavy atom. The van der Waals surface area contributed by atoms with Crippen LogP contribution in [0.2, 0.25) is 0 Å². The molecule has 0 bridgehead atoms. The Hall–Kier alpha value is -2.72. The molecule has 1 aliphatic heterocycles. The fourth-order valence-electron chi connectivity index (χ4n) is 2.44. The standard InChI is InChI=1S/C17H17N5OS/c1-12-4-6-13(7-5-12)10-14(11-18)15(23)19-16-20-21-17(24-16)22-8-2-3-9-22/h4-7,10H,2-3,8-9H2,1H3,(H,19,20,23)/b14-10-. The molecule has 1 N–H and O–H groups in total. The summed E-state index contributed by atoms with van der Waals surface area (Å²) in [5, 5.41) is 21.2. The van der Waals surface area contributed by atoms with Crippen molar-refractivity contribution in [3.05, 3.63) is 41.0 Å². The second kappa shape index (κ2) is 7.23. The molecule has 1 fully saturated rings. The minimum absolute atomic E-state index is 0.0387. The molecule has 0 radical (unpaired) electrons. The Balaban J connectivity index is 1.70. The second-order valence-electron chi connectivity index (χ2n) is 5.62. The zero-order valence-electron chi connectivity index (χ0n) is 13.3. The average molecular weight is 339 g/mol. The number of benzene rings is 1. The van der Waals surface area contributed by atoms with Gasteiger partial charge in [-0.05, 0) is 31.4 Å². The van der Waals surface area contributed by atoms with E-state index in [4.69, 9.17) is 0 Å². The predicted molar refractivity (Wildman–Crippen MR) is 94.8 cm³/mol. The van der Waals surface area contributed by atoms with Crippen molar-refractivity contribution in [3.8, 4) is 6.07 Å². The highest BCUT2D eigenvalue weighted by Gasteiger charge is 2.18. The van der Waals surface area contributed by atoms with E-state index in [2.05, 4.69) is 20.4 Å². The number of hydrogen-bond donors (Lipinski definition) is 1. The van der Waals surface area contributed by atoms with Crippen molar-refractivity contribution in [2.45, 2.75) is 19.8 Å². The van der Waals surface area contributed by atoms with E-state index in [0.717, 1.165) is 42.2 Å². The lowest BCUT2D eigenvalue weighted by Gasteiger charge is -2.10. The number of carbonyl (C=O) groups excluding carboxylic acids is 1. The fourth-order valence-corrected chi connectivity index (χ4v) is 3.24. The summed E-state index contributed by atoms with van der Waals surface area (Å²) in [4.78, 5) is 14.4. The summed E-state index contributed by atoms with van der Waals surface area (Å²) >= 11 is 1.33. The molecule has 24 heavy (non-hydrogen) atoms. The summed E-state index contributed by atoms with van der Waals surface area (Å²) in [6.07, 6.45) is 3.87. The smallest absolute Gasteiger partial charge is 0.268 e. The Morgan fingerprint density at radius 1 is 1.29 bits per heavy atom. The topological polar surface area (TPSA) is 81.9 Å². The quantitative estimate of drug-likeness (QED) is 0.684. The number of nitriles is 1. The molecule has 2 aromatic rings. The Morgan fingerprint density at radius 3 is 2.67 bits per heavy atom. The van der Waals surface area contributed by atoms with Gasteiger partial charge in [0.05, 0.1) is 0 Å². The molecule has 3 rings (SSSR count). The number of aromatic nitrogens is 2. The van der Waals surface area contributed by atoms with Crippen LogP contribution in [0.1, 0.15) is 24.0 Å². The summed E-state index contributed by atoms with van der Waals surface area (Å²) in [6.45, 7) is 3.93. The highest BCUT2D eigenvalue weighted by Crippen LogP contribution is 2.27. The van der Waals surface area contributed by atoms with Gasteiger partial charge in [0.2, 0.25) is 10.3 Å². The van der Waals surface area contributed by atoms with Gasteiger partial charge < -0.3 is 4.90 Å². The van der Waals surface area contributed by atoms with Crippen molar-refractivity contribution in [2.75, 3.05) is 23.3 Å². The van der Waals surface area contributed by atoms with E-state index in [1.807, 2.05) is 37.3 Å². The number of anilines is 2. The summed E-state index contributed by atoms with van der Waals surface area (Å²) in [5.41, 5.74) is 1.97. The van der Waals surface area contributed by atoms with Crippen LogP contribution in [0.4, 0.5) is 10.3 Å². The number of hydrogen-bond acceptors (Lipinski definition) is 6. The zero-order chi connectivity index (χ0) is 16.9. The molecule has 0 unspecified atom stereocenters. The first-order valence-corrected chi connectivity index (χ1v) is 8.55. The first-order chi connectivity index (χ1) is 11.7. The zero-order valence-corrected chi connectivity index (χ0v) is 14.1. The lowest BCUT2D eigenvalue weighted by Crippen LogP contribution is -2.17. The maximum atomic E-state index is 12.3. The van der Waals surface area contributed by atoms with Crippen molar-refractivity contribution in [3.63, 3.8) is 0 Å². The first-order valence-electron chi connectivity index (χ1n) is 7.74. The van der Waals surface area contributed by atoms with Crippen molar-refractivity contribution >= 4 is 33.6 Å². The van der Waals surface area contributed by atoms with Crippen molar-refractivity contribution < 1.29 is 4.79 Å².